The van der Waals surface area contributed by atoms with Gasteiger partial charge in [-0.1, -0.05) is 19.3 Å². The Morgan fingerprint density at radius 1 is 1.42 bits per heavy atom. The fourth-order valence-electron chi connectivity index (χ4n) is 3.39. The van der Waals surface area contributed by atoms with E-state index in [0.717, 1.165) is 17.1 Å². The first-order valence-corrected chi connectivity index (χ1v) is 8.01. The van der Waals surface area contributed by atoms with Gasteiger partial charge < -0.3 is 4.90 Å². The lowest BCUT2D eigenvalue weighted by Gasteiger charge is -2.48. The number of hydrogen-bond acceptors (Lipinski definition) is 5. The van der Waals surface area contributed by atoms with Crippen LogP contribution < -0.4 is 11.3 Å². The van der Waals surface area contributed by atoms with Gasteiger partial charge in [-0.15, -0.1) is 11.3 Å². The zero-order chi connectivity index (χ0) is 13.9. The van der Waals surface area contributed by atoms with Crippen molar-refractivity contribution in [3.05, 3.63) is 16.1 Å². The number of likely N-dealkylation sites (N-methyl/N-ethyl adjacent to an activating group) is 1. The number of thiazole rings is 1. The molecule has 0 radical (unpaired) electrons. The summed E-state index contributed by atoms with van der Waals surface area (Å²) >= 11 is 1.72. The van der Waals surface area contributed by atoms with E-state index in [1.807, 2.05) is 0 Å². The Balaban J connectivity index is 2.17. The Hall–Kier alpha value is -0.490. The van der Waals surface area contributed by atoms with Crippen LogP contribution >= 0.6 is 11.3 Å². The van der Waals surface area contributed by atoms with E-state index in [1.54, 1.807) is 11.3 Å². The molecular formula is C14H26N4S. The summed E-state index contributed by atoms with van der Waals surface area (Å²) in [6.45, 7) is 2.06. The number of hydrogen-bond donors (Lipinski definition) is 2. The maximum atomic E-state index is 5.88. The molecule has 1 atom stereocenters. The van der Waals surface area contributed by atoms with Gasteiger partial charge in [-0.05, 0) is 33.9 Å². The molecule has 1 aliphatic rings. The molecule has 2 rings (SSSR count). The first-order chi connectivity index (χ1) is 9.08. The maximum Gasteiger partial charge on any atom is 0.0897 e. The molecule has 0 amide bonds. The summed E-state index contributed by atoms with van der Waals surface area (Å²) in [6, 6.07) is 0.268. The number of aryl methyl sites for hydroxylation is 1. The third kappa shape index (κ3) is 3.16. The monoisotopic (exact) mass is 282 g/mol. The summed E-state index contributed by atoms with van der Waals surface area (Å²) in [5.41, 5.74) is 4.41. The van der Waals surface area contributed by atoms with Gasteiger partial charge in [0.25, 0.3) is 0 Å². The second-order valence-corrected chi connectivity index (χ2v) is 6.90. The normalized spacial score (nSPS) is 20.7. The van der Waals surface area contributed by atoms with Crippen molar-refractivity contribution in [3.8, 4) is 0 Å². The van der Waals surface area contributed by atoms with E-state index < -0.39 is 0 Å². The summed E-state index contributed by atoms with van der Waals surface area (Å²) < 4.78 is 0. The van der Waals surface area contributed by atoms with Crippen LogP contribution in [0.3, 0.4) is 0 Å². The Labute approximate surface area is 120 Å². The molecule has 5 heteroatoms. The van der Waals surface area contributed by atoms with E-state index in [1.165, 1.54) is 32.1 Å². The molecule has 0 aromatic carbocycles. The average Bonchev–Trinajstić information content (AvgIpc) is 2.82. The molecular weight excluding hydrogens is 256 g/mol. The number of nitrogens with one attached hydrogen (secondary N) is 1. The van der Waals surface area contributed by atoms with Gasteiger partial charge in [-0.3, -0.25) is 11.3 Å². The third-order valence-electron chi connectivity index (χ3n) is 4.54. The SMILES string of the molecule is Cc1nc(CC(NN)C2(N(C)C)CCCCC2)cs1. The molecule has 1 aliphatic carbocycles. The van der Waals surface area contributed by atoms with Crippen molar-refractivity contribution < 1.29 is 0 Å². The van der Waals surface area contributed by atoms with Crippen LogP contribution in [0, 0.1) is 6.92 Å². The molecule has 19 heavy (non-hydrogen) atoms. The minimum absolute atomic E-state index is 0.171. The Morgan fingerprint density at radius 2 is 2.11 bits per heavy atom. The predicted octanol–water partition coefficient (Wildman–Crippen LogP) is 2.09. The van der Waals surface area contributed by atoms with Crippen LogP contribution in [0.15, 0.2) is 5.38 Å². The number of aromatic nitrogens is 1. The van der Waals surface area contributed by atoms with Crippen LogP contribution in [0.1, 0.15) is 42.8 Å². The lowest BCUT2D eigenvalue weighted by molar-refractivity contribution is 0.0565. The zero-order valence-corrected chi connectivity index (χ0v) is 13.1. The summed E-state index contributed by atoms with van der Waals surface area (Å²) in [5.74, 6) is 5.88. The minimum atomic E-state index is 0.171. The van der Waals surface area contributed by atoms with Crippen molar-refractivity contribution in [2.24, 2.45) is 5.84 Å². The smallest absolute Gasteiger partial charge is 0.0897 e. The lowest BCUT2D eigenvalue weighted by Crippen LogP contribution is -2.62. The third-order valence-corrected chi connectivity index (χ3v) is 5.36. The molecule has 3 N–H and O–H groups in total. The van der Waals surface area contributed by atoms with E-state index in [0.29, 0.717) is 0 Å². The first kappa shape index (κ1) is 14.9. The fourth-order valence-corrected chi connectivity index (χ4v) is 4.01. The molecule has 0 aliphatic heterocycles. The highest BCUT2D eigenvalue weighted by Crippen LogP contribution is 2.36. The quantitative estimate of drug-likeness (QED) is 0.641. The largest absolute Gasteiger partial charge is 0.302 e. The van der Waals surface area contributed by atoms with Crippen LogP contribution in [-0.4, -0.2) is 35.6 Å². The topological polar surface area (TPSA) is 54.2 Å². The minimum Gasteiger partial charge on any atom is -0.302 e. The van der Waals surface area contributed by atoms with Gasteiger partial charge >= 0.3 is 0 Å². The number of rotatable bonds is 5. The van der Waals surface area contributed by atoms with E-state index in [-0.39, 0.29) is 11.6 Å². The number of hydrazine groups is 1. The average molecular weight is 282 g/mol. The predicted molar refractivity (Wildman–Crippen MR) is 81.2 cm³/mol. The standard InChI is InChI=1S/C14H26N4S/c1-11-16-12(10-19-11)9-13(17-15)14(18(2)3)7-5-4-6-8-14/h10,13,17H,4-9,15H2,1-3H3. The van der Waals surface area contributed by atoms with Crippen molar-refractivity contribution in [1.29, 1.82) is 0 Å². The lowest BCUT2D eigenvalue weighted by atomic mass is 9.74. The van der Waals surface area contributed by atoms with Gasteiger partial charge in [0, 0.05) is 23.4 Å². The van der Waals surface area contributed by atoms with Crippen molar-refractivity contribution in [2.45, 2.75) is 57.0 Å². The molecule has 1 saturated carbocycles. The fraction of sp³-hybridized carbons (Fsp3) is 0.786. The first-order valence-electron chi connectivity index (χ1n) is 7.13. The van der Waals surface area contributed by atoms with E-state index in [4.69, 9.17) is 5.84 Å². The van der Waals surface area contributed by atoms with Crippen molar-refractivity contribution >= 4 is 11.3 Å². The Bertz CT molecular complexity index is 396. The van der Waals surface area contributed by atoms with Gasteiger partial charge in [0.2, 0.25) is 0 Å². The van der Waals surface area contributed by atoms with Gasteiger partial charge in [0.1, 0.15) is 0 Å². The summed E-state index contributed by atoms with van der Waals surface area (Å²) in [5, 5.41) is 3.29. The molecule has 4 nitrogen and oxygen atoms in total. The summed E-state index contributed by atoms with van der Waals surface area (Å²) in [4.78, 5) is 6.96. The highest BCUT2D eigenvalue weighted by atomic mass is 32.1. The van der Waals surface area contributed by atoms with Crippen LogP contribution in [0.4, 0.5) is 0 Å². The molecule has 0 spiro atoms. The van der Waals surface area contributed by atoms with Crippen LogP contribution in [0.25, 0.3) is 0 Å². The van der Waals surface area contributed by atoms with Gasteiger partial charge in [-0.2, -0.15) is 0 Å². The number of nitrogens with two attached hydrogens (primary N) is 1. The maximum absolute atomic E-state index is 5.88. The molecule has 1 aromatic heterocycles. The molecule has 108 valence electrons. The summed E-state index contributed by atoms with van der Waals surface area (Å²) in [7, 11) is 4.36. The molecule has 1 heterocycles. The van der Waals surface area contributed by atoms with E-state index in [9.17, 15) is 0 Å². The highest BCUT2D eigenvalue weighted by molar-refractivity contribution is 7.09. The molecule has 0 bridgehead atoms. The van der Waals surface area contributed by atoms with Crippen LogP contribution in [0.2, 0.25) is 0 Å². The van der Waals surface area contributed by atoms with Gasteiger partial charge in [0.05, 0.1) is 10.7 Å². The van der Waals surface area contributed by atoms with Crippen molar-refractivity contribution in [3.63, 3.8) is 0 Å². The van der Waals surface area contributed by atoms with Crippen molar-refractivity contribution in [2.75, 3.05) is 14.1 Å². The van der Waals surface area contributed by atoms with Gasteiger partial charge in [-0.25, -0.2) is 4.98 Å². The molecule has 1 aromatic rings. The Kier molecular flexibility index (Phi) is 4.95. The Morgan fingerprint density at radius 3 is 2.58 bits per heavy atom. The number of nitrogens with zero attached hydrogens (tertiary/aromatic N) is 2. The molecule has 1 unspecified atom stereocenters. The van der Waals surface area contributed by atoms with Crippen molar-refractivity contribution in [1.82, 2.24) is 15.3 Å². The van der Waals surface area contributed by atoms with Crippen LogP contribution in [-0.2, 0) is 6.42 Å². The molecule has 0 saturated heterocycles. The second-order valence-electron chi connectivity index (χ2n) is 5.84. The summed E-state index contributed by atoms with van der Waals surface area (Å²) in [6.07, 6.45) is 7.30. The molecule has 1 fully saturated rings. The van der Waals surface area contributed by atoms with E-state index >= 15 is 0 Å². The van der Waals surface area contributed by atoms with E-state index in [2.05, 4.69) is 41.7 Å². The van der Waals surface area contributed by atoms with Gasteiger partial charge in [0.15, 0.2) is 0 Å². The van der Waals surface area contributed by atoms with Crippen LogP contribution in [0.5, 0.6) is 0 Å². The second kappa shape index (κ2) is 6.31. The highest BCUT2D eigenvalue weighted by Gasteiger charge is 2.41. The zero-order valence-electron chi connectivity index (χ0n) is 12.3.